The third-order valence-electron chi connectivity index (χ3n) is 2.70. The molecule has 98 valence electrons. The maximum atomic E-state index is 12.1. The van der Waals surface area contributed by atoms with Crippen LogP contribution in [-0.2, 0) is 0 Å². The van der Waals surface area contributed by atoms with Gasteiger partial charge in [-0.25, -0.2) is 0 Å². The van der Waals surface area contributed by atoms with Crippen LogP contribution in [0, 0.1) is 0 Å². The van der Waals surface area contributed by atoms with Crippen LogP contribution in [0.1, 0.15) is 22.0 Å². The molecular formula is C14H13ClN2O2. The van der Waals surface area contributed by atoms with Crippen LogP contribution in [0.3, 0.4) is 0 Å². The first-order chi connectivity index (χ1) is 9.22. The van der Waals surface area contributed by atoms with Gasteiger partial charge >= 0.3 is 0 Å². The van der Waals surface area contributed by atoms with Crippen molar-refractivity contribution in [3.63, 3.8) is 0 Å². The van der Waals surface area contributed by atoms with Crippen molar-refractivity contribution >= 4 is 17.5 Å². The summed E-state index contributed by atoms with van der Waals surface area (Å²) in [5.41, 5.74) is 1.12. The smallest absolute Gasteiger partial charge is 0.254 e. The van der Waals surface area contributed by atoms with Gasteiger partial charge in [-0.15, -0.1) is 0 Å². The van der Waals surface area contributed by atoms with E-state index in [0.717, 1.165) is 5.56 Å². The standard InChI is InChI=1S/C14H13ClN2O2/c15-12-6-7-16-8-11(12)14(19)17-13(9-18)10-4-2-1-3-5-10/h1-8,13,18H,9H2,(H,17,19). The van der Waals surface area contributed by atoms with Gasteiger partial charge in [0.15, 0.2) is 0 Å². The molecule has 0 aliphatic carbocycles. The summed E-state index contributed by atoms with van der Waals surface area (Å²) in [5, 5.41) is 12.4. The van der Waals surface area contributed by atoms with Gasteiger partial charge in [0.05, 0.1) is 23.2 Å². The Morgan fingerprint density at radius 1 is 1.32 bits per heavy atom. The number of rotatable bonds is 4. The number of carbonyl (C=O) groups excluding carboxylic acids is 1. The molecule has 0 saturated heterocycles. The lowest BCUT2D eigenvalue weighted by molar-refractivity contribution is 0.0916. The number of pyridine rings is 1. The van der Waals surface area contributed by atoms with Gasteiger partial charge in [0.2, 0.25) is 0 Å². The third-order valence-corrected chi connectivity index (χ3v) is 3.03. The fraction of sp³-hybridized carbons (Fsp3) is 0.143. The Hall–Kier alpha value is -1.91. The lowest BCUT2D eigenvalue weighted by atomic mass is 10.1. The highest BCUT2D eigenvalue weighted by Crippen LogP contribution is 2.16. The molecule has 0 aliphatic rings. The van der Waals surface area contributed by atoms with Crippen LogP contribution in [0.2, 0.25) is 5.02 Å². The van der Waals surface area contributed by atoms with Crippen LogP contribution in [0.25, 0.3) is 0 Å². The minimum Gasteiger partial charge on any atom is -0.394 e. The summed E-state index contributed by atoms with van der Waals surface area (Å²) in [7, 11) is 0. The largest absolute Gasteiger partial charge is 0.394 e. The van der Waals surface area contributed by atoms with Crippen molar-refractivity contribution in [2.45, 2.75) is 6.04 Å². The molecular weight excluding hydrogens is 264 g/mol. The van der Waals surface area contributed by atoms with E-state index < -0.39 is 6.04 Å². The van der Waals surface area contributed by atoms with Gasteiger partial charge in [0.25, 0.3) is 5.91 Å². The molecule has 19 heavy (non-hydrogen) atoms. The highest BCUT2D eigenvalue weighted by molar-refractivity contribution is 6.33. The number of amides is 1. The average molecular weight is 277 g/mol. The molecule has 1 aromatic carbocycles. The second-order valence-corrected chi connectivity index (χ2v) is 4.38. The first kappa shape index (κ1) is 13.5. The maximum Gasteiger partial charge on any atom is 0.254 e. The lowest BCUT2D eigenvalue weighted by Crippen LogP contribution is -2.31. The summed E-state index contributed by atoms with van der Waals surface area (Å²) in [4.78, 5) is 15.9. The first-order valence-electron chi connectivity index (χ1n) is 5.78. The predicted molar refractivity (Wildman–Crippen MR) is 73.0 cm³/mol. The van der Waals surface area contributed by atoms with Gasteiger partial charge in [-0.3, -0.25) is 9.78 Å². The zero-order valence-electron chi connectivity index (χ0n) is 10.1. The molecule has 0 bridgehead atoms. The molecule has 4 nitrogen and oxygen atoms in total. The Kier molecular flexibility index (Phi) is 4.49. The molecule has 0 aliphatic heterocycles. The number of aromatic nitrogens is 1. The topological polar surface area (TPSA) is 62.2 Å². The van der Waals surface area contributed by atoms with Gasteiger partial charge in [-0.2, -0.15) is 0 Å². The van der Waals surface area contributed by atoms with E-state index in [2.05, 4.69) is 10.3 Å². The van der Waals surface area contributed by atoms with Crippen molar-refractivity contribution in [3.8, 4) is 0 Å². The number of benzene rings is 1. The van der Waals surface area contributed by atoms with Gasteiger partial charge in [-0.05, 0) is 11.6 Å². The zero-order chi connectivity index (χ0) is 13.7. The van der Waals surface area contributed by atoms with Crippen molar-refractivity contribution in [3.05, 3.63) is 64.9 Å². The highest BCUT2D eigenvalue weighted by Gasteiger charge is 2.16. The first-order valence-corrected chi connectivity index (χ1v) is 6.16. The van der Waals surface area contributed by atoms with E-state index in [4.69, 9.17) is 11.6 Å². The Morgan fingerprint density at radius 3 is 2.68 bits per heavy atom. The number of hydrogen-bond acceptors (Lipinski definition) is 3. The molecule has 0 saturated carbocycles. The SMILES string of the molecule is O=C(NC(CO)c1ccccc1)c1cnccc1Cl. The molecule has 1 unspecified atom stereocenters. The number of hydrogen-bond donors (Lipinski definition) is 2. The van der Waals surface area contributed by atoms with Gasteiger partial charge in [0, 0.05) is 12.4 Å². The Balaban J connectivity index is 2.16. The van der Waals surface area contributed by atoms with E-state index in [1.54, 1.807) is 6.07 Å². The van der Waals surface area contributed by atoms with Crippen LogP contribution in [0.4, 0.5) is 0 Å². The lowest BCUT2D eigenvalue weighted by Gasteiger charge is -2.16. The molecule has 0 radical (unpaired) electrons. The van der Waals surface area contributed by atoms with Gasteiger partial charge in [0.1, 0.15) is 0 Å². The van der Waals surface area contributed by atoms with E-state index in [-0.39, 0.29) is 12.5 Å². The minimum atomic E-state index is -0.468. The fourth-order valence-electron chi connectivity index (χ4n) is 1.70. The average Bonchev–Trinajstić information content (AvgIpc) is 2.46. The van der Waals surface area contributed by atoms with Crippen LogP contribution in [0.15, 0.2) is 48.8 Å². The third kappa shape index (κ3) is 3.30. The van der Waals surface area contributed by atoms with Crippen LogP contribution in [-0.4, -0.2) is 22.6 Å². The molecule has 1 atom stereocenters. The molecule has 0 spiro atoms. The highest BCUT2D eigenvalue weighted by atomic mass is 35.5. The number of nitrogens with one attached hydrogen (secondary N) is 1. The van der Waals surface area contributed by atoms with Gasteiger partial charge < -0.3 is 10.4 Å². The van der Waals surface area contributed by atoms with Crippen molar-refractivity contribution < 1.29 is 9.90 Å². The number of halogens is 1. The van der Waals surface area contributed by atoms with E-state index in [1.807, 2.05) is 30.3 Å². The van der Waals surface area contributed by atoms with Crippen molar-refractivity contribution in [1.29, 1.82) is 0 Å². The Morgan fingerprint density at radius 2 is 2.05 bits per heavy atom. The molecule has 1 heterocycles. The molecule has 1 aromatic heterocycles. The van der Waals surface area contributed by atoms with Crippen molar-refractivity contribution in [2.75, 3.05) is 6.61 Å². The Bertz CT molecular complexity index is 560. The second kappa shape index (κ2) is 6.31. The summed E-state index contributed by atoms with van der Waals surface area (Å²) >= 11 is 5.93. The normalized spacial score (nSPS) is 11.9. The number of carbonyl (C=O) groups is 1. The van der Waals surface area contributed by atoms with Crippen LogP contribution in [0.5, 0.6) is 0 Å². The van der Waals surface area contributed by atoms with Crippen LogP contribution < -0.4 is 5.32 Å². The molecule has 2 N–H and O–H groups in total. The van der Waals surface area contributed by atoms with Crippen LogP contribution >= 0.6 is 11.6 Å². The monoisotopic (exact) mass is 276 g/mol. The van der Waals surface area contributed by atoms with E-state index in [9.17, 15) is 9.90 Å². The fourth-order valence-corrected chi connectivity index (χ4v) is 1.89. The van der Waals surface area contributed by atoms with E-state index in [1.165, 1.54) is 12.4 Å². The summed E-state index contributed by atoms with van der Waals surface area (Å²) in [6.45, 7) is -0.187. The summed E-state index contributed by atoms with van der Waals surface area (Å²) in [5.74, 6) is -0.360. The van der Waals surface area contributed by atoms with E-state index in [0.29, 0.717) is 10.6 Å². The van der Waals surface area contributed by atoms with E-state index >= 15 is 0 Å². The quantitative estimate of drug-likeness (QED) is 0.900. The minimum absolute atomic E-state index is 0.187. The van der Waals surface area contributed by atoms with Crippen molar-refractivity contribution in [2.24, 2.45) is 0 Å². The van der Waals surface area contributed by atoms with Gasteiger partial charge in [-0.1, -0.05) is 41.9 Å². The zero-order valence-corrected chi connectivity index (χ0v) is 10.8. The predicted octanol–water partition coefficient (Wildman–Crippen LogP) is 2.20. The summed E-state index contributed by atoms with van der Waals surface area (Å²) < 4.78 is 0. The molecule has 0 fully saturated rings. The summed E-state index contributed by atoms with van der Waals surface area (Å²) in [6.07, 6.45) is 2.91. The molecule has 2 aromatic rings. The number of aliphatic hydroxyl groups is 1. The molecule has 1 amide bonds. The summed E-state index contributed by atoms with van der Waals surface area (Å²) in [6, 6.07) is 10.3. The van der Waals surface area contributed by atoms with Crippen molar-refractivity contribution in [1.82, 2.24) is 10.3 Å². The second-order valence-electron chi connectivity index (χ2n) is 3.97. The number of aliphatic hydroxyl groups excluding tert-OH is 1. The molecule has 2 rings (SSSR count). The Labute approximate surface area is 116 Å². The molecule has 5 heteroatoms. The number of nitrogens with zero attached hydrogens (tertiary/aromatic N) is 1. The maximum absolute atomic E-state index is 12.1.